The minimum absolute atomic E-state index is 0.820. The van der Waals surface area contributed by atoms with Gasteiger partial charge in [-0.25, -0.2) is 0 Å². The van der Waals surface area contributed by atoms with Crippen molar-refractivity contribution in [3.05, 3.63) is 35.9 Å². The van der Waals surface area contributed by atoms with E-state index >= 15 is 0 Å². The maximum absolute atomic E-state index is 11.4. The summed E-state index contributed by atoms with van der Waals surface area (Å²) in [5.41, 5.74) is 2.00. The molecule has 0 aliphatic rings. The van der Waals surface area contributed by atoms with Gasteiger partial charge in [0, 0.05) is 51.3 Å². The maximum atomic E-state index is 11.4. The van der Waals surface area contributed by atoms with Crippen LogP contribution >= 0.6 is 10.7 Å². The van der Waals surface area contributed by atoms with Crippen molar-refractivity contribution in [1.82, 2.24) is 28.0 Å². The van der Waals surface area contributed by atoms with Crippen LogP contribution in [0.15, 0.2) is 24.8 Å². The van der Waals surface area contributed by atoms with Crippen molar-refractivity contribution in [1.29, 1.82) is 0 Å². The molecule has 0 bridgehead atoms. The molecule has 0 spiro atoms. The Labute approximate surface area is 153 Å². The molecule has 0 fully saturated rings. The van der Waals surface area contributed by atoms with Gasteiger partial charge in [-0.1, -0.05) is 0 Å². The minimum atomic E-state index is -3.44. The largest absolute Gasteiger partial charge is 0.322 e. The van der Waals surface area contributed by atoms with Crippen LogP contribution < -0.4 is 0 Å². The van der Waals surface area contributed by atoms with Crippen LogP contribution in [0.1, 0.15) is 11.1 Å². The number of aromatic nitrogens is 4. The van der Waals surface area contributed by atoms with Gasteiger partial charge in [-0.2, -0.15) is 39.7 Å². The molecule has 0 unspecified atom stereocenters. The van der Waals surface area contributed by atoms with Crippen LogP contribution in [-0.2, 0) is 19.4 Å². The number of halogens is 1. The zero-order chi connectivity index (χ0) is 19.8. The summed E-state index contributed by atoms with van der Waals surface area (Å²) in [5, 5.41) is 10.1. The highest BCUT2D eigenvalue weighted by molar-refractivity contribution is 8.11. The van der Waals surface area contributed by atoms with Crippen molar-refractivity contribution >= 4 is 30.1 Å². The lowest BCUT2D eigenvalue weighted by Crippen LogP contribution is -2.29. The Hall–Kier alpha value is -1.47. The van der Waals surface area contributed by atoms with Crippen molar-refractivity contribution in [2.75, 3.05) is 28.2 Å². The highest BCUT2D eigenvalue weighted by Crippen LogP contribution is 2.01. The van der Waals surface area contributed by atoms with Crippen LogP contribution in [0, 0.1) is 13.8 Å². The molecule has 2 heterocycles. The van der Waals surface area contributed by atoms with Crippen LogP contribution in [-0.4, -0.2) is 73.0 Å². The fourth-order valence-electron chi connectivity index (χ4n) is 0.998. The smallest absolute Gasteiger partial charge is 0.285 e. The topological polar surface area (TPSA) is 121 Å². The first-order chi connectivity index (χ1) is 11.3. The second kappa shape index (κ2) is 9.87. The lowest BCUT2D eigenvalue weighted by Gasteiger charge is -2.09. The summed E-state index contributed by atoms with van der Waals surface area (Å²) in [6, 6.07) is 0. The number of rotatable bonds is 3. The van der Waals surface area contributed by atoms with Gasteiger partial charge in [0.15, 0.2) is 0 Å². The summed E-state index contributed by atoms with van der Waals surface area (Å²) in [5.74, 6) is 0. The van der Waals surface area contributed by atoms with Crippen LogP contribution in [0.4, 0.5) is 0 Å². The van der Waals surface area contributed by atoms with E-state index in [2.05, 4.69) is 15.3 Å². The first kappa shape index (κ1) is 23.5. The van der Waals surface area contributed by atoms with Gasteiger partial charge >= 0.3 is 10.2 Å². The second-order valence-electron chi connectivity index (χ2n) is 5.18. The number of hydrogen-bond donors (Lipinski definition) is 1. The van der Waals surface area contributed by atoms with Crippen LogP contribution in [0.5, 0.6) is 0 Å². The van der Waals surface area contributed by atoms with Gasteiger partial charge in [0.1, 0.15) is 0 Å². The molecule has 0 radical (unpaired) electrons. The molecule has 13 heteroatoms. The quantitative estimate of drug-likeness (QED) is 0.734. The number of nitrogens with one attached hydrogen (secondary N) is 1. The Bertz CT molecular complexity index is 829. The van der Waals surface area contributed by atoms with E-state index in [1.54, 1.807) is 13.1 Å². The van der Waals surface area contributed by atoms with Gasteiger partial charge in [-0.15, -0.1) is 0 Å². The highest BCUT2D eigenvalue weighted by atomic mass is 35.7. The van der Waals surface area contributed by atoms with Gasteiger partial charge in [-0.05, 0) is 25.0 Å². The number of nitrogens with zero attached hydrogens (tertiary/aromatic N) is 5. The average Bonchev–Trinajstić information content (AvgIpc) is 3.10. The van der Waals surface area contributed by atoms with Crippen molar-refractivity contribution in [2.24, 2.45) is 0 Å². The lowest BCUT2D eigenvalue weighted by molar-refractivity contribution is 0.504. The molecule has 0 aliphatic heterocycles. The van der Waals surface area contributed by atoms with E-state index in [0.717, 1.165) is 18.3 Å². The molecule has 0 atom stereocenters. The standard InChI is InChI=1S/C6H11N3O2S.C4H6N2.C2H6ClNO2S/c1-6-4-7-9(5-6)12(10,11)8(2)3;1-4-2-5-6-3-4;1-4(2)7(3,5)6/h4-5H,1-3H3;2-3H,1H3,(H,5,6);1-2H3. The van der Waals surface area contributed by atoms with E-state index in [1.165, 1.54) is 46.1 Å². The fourth-order valence-corrected chi connectivity index (χ4v) is 1.80. The third kappa shape index (κ3) is 8.97. The Morgan fingerprint density at radius 1 is 1.00 bits per heavy atom. The first-order valence-corrected chi connectivity index (χ1v) is 10.5. The predicted molar refractivity (Wildman–Crippen MR) is 96.8 cm³/mol. The van der Waals surface area contributed by atoms with Gasteiger partial charge < -0.3 is 0 Å². The summed E-state index contributed by atoms with van der Waals surface area (Å²) < 4.78 is 45.8. The average molecular weight is 415 g/mol. The molecule has 25 heavy (non-hydrogen) atoms. The molecule has 0 saturated heterocycles. The van der Waals surface area contributed by atoms with Crippen molar-refractivity contribution in [2.45, 2.75) is 13.8 Å². The van der Waals surface area contributed by atoms with Gasteiger partial charge in [-0.3, -0.25) is 5.10 Å². The first-order valence-electron chi connectivity index (χ1n) is 6.80. The molecule has 2 aromatic heterocycles. The Balaban J connectivity index is 0.000000377. The molecule has 0 aliphatic carbocycles. The molecular weight excluding hydrogens is 392 g/mol. The third-order valence-corrected chi connectivity index (χ3v) is 5.75. The summed E-state index contributed by atoms with van der Waals surface area (Å²) in [7, 11) is 3.57. The zero-order valence-corrected chi connectivity index (χ0v) is 17.3. The summed E-state index contributed by atoms with van der Waals surface area (Å²) in [6.07, 6.45) is 6.59. The van der Waals surface area contributed by atoms with Gasteiger partial charge in [0.25, 0.3) is 9.24 Å². The molecule has 0 saturated carbocycles. The summed E-state index contributed by atoms with van der Waals surface area (Å²) in [4.78, 5) is 0. The van der Waals surface area contributed by atoms with Gasteiger partial charge in [0.05, 0.1) is 12.4 Å². The Morgan fingerprint density at radius 3 is 1.72 bits per heavy atom. The molecule has 144 valence electrons. The lowest BCUT2D eigenvalue weighted by atomic mass is 10.4. The molecule has 0 amide bonds. The van der Waals surface area contributed by atoms with E-state index in [9.17, 15) is 16.8 Å². The van der Waals surface area contributed by atoms with Crippen molar-refractivity contribution < 1.29 is 16.8 Å². The predicted octanol–water partition coefficient (Wildman–Crippen LogP) is 0.596. The second-order valence-corrected chi connectivity index (χ2v) is 9.91. The Kier molecular flexibility index (Phi) is 9.29. The molecule has 10 nitrogen and oxygen atoms in total. The van der Waals surface area contributed by atoms with E-state index in [1.807, 2.05) is 13.1 Å². The minimum Gasteiger partial charge on any atom is -0.285 e. The molecule has 2 aromatic rings. The maximum Gasteiger partial charge on any atom is 0.322 e. The number of H-pyrrole nitrogens is 1. The van der Waals surface area contributed by atoms with E-state index in [4.69, 9.17) is 10.7 Å². The van der Waals surface area contributed by atoms with E-state index < -0.39 is 19.4 Å². The van der Waals surface area contributed by atoms with Crippen LogP contribution in [0.25, 0.3) is 0 Å². The molecule has 2 rings (SSSR count). The summed E-state index contributed by atoms with van der Waals surface area (Å²) in [6.45, 7) is 3.78. The van der Waals surface area contributed by atoms with Gasteiger partial charge in [0.2, 0.25) is 0 Å². The fraction of sp³-hybridized carbons (Fsp3) is 0.500. The number of aryl methyl sites for hydroxylation is 2. The zero-order valence-electron chi connectivity index (χ0n) is 14.9. The molecule has 1 N–H and O–H groups in total. The number of aromatic amines is 1. The van der Waals surface area contributed by atoms with Crippen LogP contribution in [0.2, 0.25) is 0 Å². The van der Waals surface area contributed by atoms with E-state index in [-0.39, 0.29) is 0 Å². The molecule has 0 aromatic carbocycles. The monoisotopic (exact) mass is 414 g/mol. The SMILES string of the molecule is CN(C)S(=O)(=O)Cl.Cc1cn[nH]c1.Cc1cnn(S(=O)(=O)N(C)C)c1. The molecular formula is C12H23ClN6O4S2. The summed E-state index contributed by atoms with van der Waals surface area (Å²) >= 11 is 0. The highest BCUT2D eigenvalue weighted by Gasteiger charge is 2.16. The third-order valence-electron chi connectivity index (χ3n) is 2.46. The van der Waals surface area contributed by atoms with Crippen molar-refractivity contribution in [3.63, 3.8) is 0 Å². The Morgan fingerprint density at radius 2 is 1.52 bits per heavy atom. The number of hydrogen-bond acceptors (Lipinski definition) is 6. The van der Waals surface area contributed by atoms with E-state index in [0.29, 0.717) is 0 Å². The van der Waals surface area contributed by atoms with Crippen molar-refractivity contribution in [3.8, 4) is 0 Å². The van der Waals surface area contributed by atoms with Crippen LogP contribution in [0.3, 0.4) is 0 Å². The normalized spacial score (nSPS) is 11.6.